The Balaban J connectivity index is 1.24. The van der Waals surface area contributed by atoms with Gasteiger partial charge >= 0.3 is 6.16 Å². The average molecular weight is 747 g/mol. The fourth-order valence-electron chi connectivity index (χ4n) is 5.57. The lowest BCUT2D eigenvalue weighted by atomic mass is 9.99. The van der Waals surface area contributed by atoms with Crippen molar-refractivity contribution in [1.82, 2.24) is 20.0 Å². The highest BCUT2D eigenvalue weighted by Gasteiger charge is 2.43. The number of aromatic nitrogens is 2. The number of rotatable bonds is 10. The maximum atomic E-state index is 13.9. The average Bonchev–Trinajstić information content (AvgIpc) is 3.65. The van der Waals surface area contributed by atoms with E-state index in [1.807, 2.05) is 27.7 Å². The third kappa shape index (κ3) is 8.95. The largest absolute Gasteiger partial charge is 0.510 e. The van der Waals surface area contributed by atoms with Crippen LogP contribution in [0, 0.1) is 11.6 Å². The van der Waals surface area contributed by atoms with E-state index in [4.69, 9.17) is 19.1 Å². The number of amidine groups is 2. The number of carbonyl (C=O) groups is 1. The molecule has 0 unspecified atom stereocenters. The number of halogens is 2. The second-order valence-electron chi connectivity index (χ2n) is 15.0. The monoisotopic (exact) mass is 746 g/mol. The summed E-state index contributed by atoms with van der Waals surface area (Å²) in [7, 11) is 0. The fourth-order valence-corrected chi connectivity index (χ4v) is 5.57. The molecule has 0 amide bonds. The number of hydrazone groups is 2. The van der Waals surface area contributed by atoms with Gasteiger partial charge in [-0.3, -0.25) is 9.97 Å². The zero-order valence-electron chi connectivity index (χ0n) is 31.1. The molecule has 0 atom stereocenters. The molecule has 6 heterocycles. The highest BCUT2D eigenvalue weighted by molar-refractivity contribution is 6.44. The van der Waals surface area contributed by atoms with Gasteiger partial charge in [-0.25, -0.2) is 23.6 Å². The number of oxime groups is 2. The molecule has 2 aromatic heterocycles. The first-order valence-corrected chi connectivity index (χ1v) is 17.0. The Kier molecular flexibility index (Phi) is 10.1. The van der Waals surface area contributed by atoms with E-state index >= 15 is 0 Å². The van der Waals surface area contributed by atoms with Gasteiger partial charge in [0.05, 0.1) is 37.9 Å². The van der Waals surface area contributed by atoms with Crippen LogP contribution in [0.1, 0.15) is 79.4 Å². The van der Waals surface area contributed by atoms with Gasteiger partial charge < -0.3 is 19.1 Å². The van der Waals surface area contributed by atoms with Crippen LogP contribution in [-0.2, 0) is 19.1 Å². The summed E-state index contributed by atoms with van der Waals surface area (Å²) >= 11 is 0. The second kappa shape index (κ2) is 14.4. The van der Waals surface area contributed by atoms with E-state index in [9.17, 15) is 13.6 Å². The van der Waals surface area contributed by atoms with Crippen molar-refractivity contribution < 1.29 is 32.7 Å². The van der Waals surface area contributed by atoms with Crippen molar-refractivity contribution >= 4 is 53.1 Å². The summed E-state index contributed by atoms with van der Waals surface area (Å²) in [6, 6.07) is 2.54. The molecule has 0 radical (unpaired) electrons. The lowest BCUT2D eigenvalue weighted by Crippen LogP contribution is -2.52. The molecule has 54 heavy (non-hydrogen) atoms. The quantitative estimate of drug-likeness (QED) is 0.236. The minimum atomic E-state index is -1.47. The minimum Gasteiger partial charge on any atom is -0.420 e. The summed E-state index contributed by atoms with van der Waals surface area (Å²) in [5.41, 5.74) is -1.06. The van der Waals surface area contributed by atoms with E-state index in [1.54, 1.807) is 27.7 Å². The summed E-state index contributed by atoms with van der Waals surface area (Å²) in [6.07, 6.45) is 7.74. The summed E-state index contributed by atoms with van der Waals surface area (Å²) in [4.78, 5) is 32.4. The first-order valence-electron chi connectivity index (χ1n) is 17.0. The molecule has 0 spiro atoms. The van der Waals surface area contributed by atoms with E-state index in [2.05, 4.69) is 50.9 Å². The topological polar surface area (TPSA) is 185 Å². The number of nitrogens with zero attached hydrogens (tertiary/aromatic N) is 12. The van der Waals surface area contributed by atoms with Gasteiger partial charge in [-0.2, -0.15) is 10.2 Å². The van der Waals surface area contributed by atoms with Crippen molar-refractivity contribution in [2.45, 2.75) is 90.6 Å². The smallest absolute Gasteiger partial charge is 0.420 e. The van der Waals surface area contributed by atoms with E-state index in [1.165, 1.54) is 47.0 Å². The van der Waals surface area contributed by atoms with Crippen LogP contribution in [0.3, 0.4) is 0 Å². The number of hydrogen-bond donors (Lipinski definition) is 0. The van der Waals surface area contributed by atoms with Crippen LogP contribution in [0.25, 0.3) is 0 Å². The highest BCUT2D eigenvalue weighted by Crippen LogP contribution is 2.28. The normalized spacial score (nSPS) is 19.7. The van der Waals surface area contributed by atoms with Gasteiger partial charge in [0, 0.05) is 36.4 Å². The van der Waals surface area contributed by atoms with Gasteiger partial charge in [0.2, 0.25) is 0 Å². The predicted octanol–water partition coefficient (Wildman–Crippen LogP) is 5.08. The first-order chi connectivity index (χ1) is 25.4. The molecule has 0 bridgehead atoms. The zero-order chi connectivity index (χ0) is 38.9. The van der Waals surface area contributed by atoms with Crippen LogP contribution >= 0.6 is 0 Å². The van der Waals surface area contributed by atoms with Crippen molar-refractivity contribution in [3.05, 3.63) is 59.7 Å². The molecule has 284 valence electrons. The van der Waals surface area contributed by atoms with Crippen LogP contribution in [-0.4, -0.2) is 109 Å². The third-order valence-corrected chi connectivity index (χ3v) is 8.18. The maximum Gasteiger partial charge on any atom is 0.510 e. The van der Waals surface area contributed by atoms with Gasteiger partial charge in [0.1, 0.15) is 45.7 Å². The summed E-state index contributed by atoms with van der Waals surface area (Å²) < 4.78 is 39.5. The van der Waals surface area contributed by atoms with Crippen molar-refractivity contribution in [3.63, 3.8) is 0 Å². The van der Waals surface area contributed by atoms with Crippen molar-refractivity contribution in [1.29, 1.82) is 0 Å². The molecule has 0 N–H and O–H groups in total. The lowest BCUT2D eigenvalue weighted by molar-refractivity contribution is -0.0232. The van der Waals surface area contributed by atoms with Crippen LogP contribution in [0.15, 0.2) is 77.8 Å². The van der Waals surface area contributed by atoms with Crippen LogP contribution < -0.4 is 0 Å². The third-order valence-electron chi connectivity index (χ3n) is 8.18. The molecule has 0 aliphatic carbocycles. The highest BCUT2D eigenvalue weighted by atomic mass is 19.1. The molecule has 0 aromatic carbocycles. The molecule has 6 rings (SSSR count). The Morgan fingerprint density at radius 1 is 0.704 bits per heavy atom. The summed E-state index contributed by atoms with van der Waals surface area (Å²) in [5.74, 6) is -0.788. The molecule has 17 nitrogen and oxygen atoms in total. The number of pyridine rings is 2. The van der Waals surface area contributed by atoms with Gasteiger partial charge in [-0.05, 0) is 67.5 Å². The predicted molar refractivity (Wildman–Crippen MR) is 197 cm³/mol. The van der Waals surface area contributed by atoms with Gasteiger partial charge in [-0.1, -0.05) is 10.3 Å². The number of hydrogen-bond acceptors (Lipinski definition) is 17. The molecule has 19 heteroatoms. The first kappa shape index (κ1) is 37.7. The Labute approximate surface area is 309 Å². The van der Waals surface area contributed by atoms with E-state index in [-0.39, 0.29) is 24.8 Å². The van der Waals surface area contributed by atoms with Crippen LogP contribution in [0.2, 0.25) is 0 Å². The molecular formula is C35H40F2N12O5. The molecule has 4 aliphatic heterocycles. The number of ether oxygens (including phenoxy) is 2. The SMILES string of the molecule is CC1(C)CC(C2=NN=C(C(C)(C)OC(=O)OC(C)(C)C3=NN=C(C4=NOC(C)(C)C4)CN3/N=C/c3cncc(F)c3)N(/N=C/c3cncc(F)c3)C2)=NO1. The fraction of sp³-hybridized carbons (Fsp3) is 0.457. The Morgan fingerprint density at radius 3 is 1.46 bits per heavy atom. The second-order valence-corrected chi connectivity index (χ2v) is 15.0. The zero-order valence-corrected chi connectivity index (χ0v) is 31.1. The summed E-state index contributed by atoms with van der Waals surface area (Å²) in [6.45, 7) is 14.1. The van der Waals surface area contributed by atoms with Gasteiger partial charge in [0.15, 0.2) is 22.9 Å². The Hall–Kier alpha value is -6.01. The summed E-state index contributed by atoms with van der Waals surface area (Å²) in [5, 5.41) is 37.9. The van der Waals surface area contributed by atoms with E-state index in [0.717, 1.165) is 12.4 Å². The number of carbonyl (C=O) groups excluding carboxylic acids is 1. The molecule has 4 aliphatic rings. The Morgan fingerprint density at radius 2 is 1.11 bits per heavy atom. The minimum absolute atomic E-state index is 0.0855. The molecule has 2 aromatic rings. The van der Waals surface area contributed by atoms with Crippen LogP contribution in [0.4, 0.5) is 13.6 Å². The Bertz CT molecular complexity index is 1930. The van der Waals surface area contributed by atoms with Gasteiger partial charge in [0.25, 0.3) is 0 Å². The standard InChI is InChI=1S/C35H40F2N12O5/c1-32(2)11-25(46-53-32)27-19-48(40-15-21-9-23(36)17-38-13-21)29(44-42-27)34(5,6)51-31(50)52-35(7,8)30-45-43-28(26-12-33(3,4)54-47-26)20-49(30)41-16-22-10-24(37)18-39-14-22/h9-10,13-18H,11-12,19-20H2,1-8H3/b40-15+,41-16+. The lowest BCUT2D eigenvalue weighted by Gasteiger charge is -2.36. The molecular weight excluding hydrogens is 706 g/mol. The van der Waals surface area contributed by atoms with Crippen LogP contribution in [0.5, 0.6) is 0 Å². The van der Waals surface area contributed by atoms with Crippen molar-refractivity contribution in [2.75, 3.05) is 13.1 Å². The van der Waals surface area contributed by atoms with Crippen molar-refractivity contribution in [3.8, 4) is 0 Å². The van der Waals surface area contributed by atoms with Gasteiger partial charge in [-0.15, -0.1) is 20.4 Å². The van der Waals surface area contributed by atoms with E-state index < -0.39 is 40.2 Å². The molecule has 0 saturated heterocycles. The van der Waals surface area contributed by atoms with Crippen molar-refractivity contribution in [2.24, 2.45) is 40.9 Å². The molecule has 0 saturated carbocycles. The molecule has 0 fully saturated rings. The van der Waals surface area contributed by atoms with E-state index in [0.29, 0.717) is 46.8 Å². The maximum absolute atomic E-state index is 13.9.